The monoisotopic (exact) mass is 684 g/mol. The second-order valence-electron chi connectivity index (χ2n) is 18.2. The maximum atomic E-state index is 14.3. The van der Waals surface area contributed by atoms with E-state index in [1.165, 1.54) is 19.4 Å². The molecular weight excluding hydrogens is 616 g/mol. The fraction of sp³-hybridized carbons (Fsp3) is 0.881. The van der Waals surface area contributed by atoms with Crippen molar-refractivity contribution in [3.8, 4) is 0 Å². The van der Waals surface area contributed by atoms with Crippen molar-refractivity contribution in [2.75, 3.05) is 19.8 Å². The molecule has 0 heterocycles. The Labute approximate surface area is 297 Å². The summed E-state index contributed by atoms with van der Waals surface area (Å²) in [5, 5.41) is 9.03. The Kier molecular flexibility index (Phi) is 11.4. The van der Waals surface area contributed by atoms with E-state index in [4.69, 9.17) is 19.3 Å². The molecule has 5 rings (SSSR count). The third-order valence-electron chi connectivity index (χ3n) is 15.9. The van der Waals surface area contributed by atoms with Gasteiger partial charge in [-0.15, -0.1) is 0 Å². The molecular formula is C42H68O7. The fourth-order valence-corrected chi connectivity index (χ4v) is 13.4. The van der Waals surface area contributed by atoms with Gasteiger partial charge in [0.2, 0.25) is 0 Å². The molecule has 49 heavy (non-hydrogen) atoms. The minimum absolute atomic E-state index is 0.0293. The number of aliphatic hydroxyl groups excluding tert-OH is 1. The number of fused-ring (bicyclic) bond motifs is 7. The van der Waals surface area contributed by atoms with Gasteiger partial charge in [0.05, 0.1) is 12.0 Å². The van der Waals surface area contributed by atoms with Crippen LogP contribution in [0.4, 0.5) is 0 Å². The zero-order chi connectivity index (χ0) is 35.8. The lowest BCUT2D eigenvalue weighted by Gasteiger charge is -2.72. The highest BCUT2D eigenvalue weighted by Crippen LogP contribution is 2.77. The maximum Gasteiger partial charge on any atom is 0.312 e. The molecule has 0 aromatic carbocycles. The van der Waals surface area contributed by atoms with E-state index in [9.17, 15) is 14.4 Å². The SMILES string of the molecule is C=C(C)[C@@H]1CC[C@]2(C(=O)OCCCCCCCCO)CC[C@]3(C)C(CCC4[C@@]5(C)CC[C@H](OC(C)=O)[C@@](C)(COC(C)=O)C5CC[C@]43C)C12. The zero-order valence-corrected chi connectivity index (χ0v) is 32.0. The Morgan fingerprint density at radius 1 is 0.714 bits per heavy atom. The molecule has 0 spiro atoms. The van der Waals surface area contributed by atoms with Crippen LogP contribution in [-0.2, 0) is 28.6 Å². The highest BCUT2D eigenvalue weighted by molar-refractivity contribution is 5.78. The van der Waals surface area contributed by atoms with Gasteiger partial charge in [0.15, 0.2) is 0 Å². The van der Waals surface area contributed by atoms with Gasteiger partial charge in [-0.1, -0.05) is 65.5 Å². The first-order valence-corrected chi connectivity index (χ1v) is 19.8. The van der Waals surface area contributed by atoms with Crippen molar-refractivity contribution in [1.82, 2.24) is 0 Å². The molecule has 0 bridgehead atoms. The van der Waals surface area contributed by atoms with E-state index in [1.54, 1.807) is 0 Å². The van der Waals surface area contributed by atoms with E-state index in [2.05, 4.69) is 41.2 Å². The van der Waals surface area contributed by atoms with Crippen molar-refractivity contribution < 1.29 is 33.7 Å². The zero-order valence-electron chi connectivity index (χ0n) is 32.0. The van der Waals surface area contributed by atoms with Crippen molar-refractivity contribution in [2.45, 2.75) is 157 Å². The lowest BCUT2D eigenvalue weighted by Crippen LogP contribution is -2.68. The standard InChI is InChI=1S/C42H68O7/c1-28(2)31-17-22-42(37(46)47-26-14-12-10-9-11-13-25-43)24-23-40(7)32(36(31)42)15-16-34-38(5)20-19-35(49-30(4)45)39(6,27-48-29(3)44)33(38)18-21-41(34,40)8/h31-36,43H,1,9-27H2,2-8H3/t31-,32?,33?,34?,35-,36?,38-,39-,40+,41+,42-/m0/s1. The second-order valence-corrected chi connectivity index (χ2v) is 18.2. The number of hydrogen-bond acceptors (Lipinski definition) is 7. The van der Waals surface area contributed by atoms with Crippen LogP contribution in [0.2, 0.25) is 0 Å². The van der Waals surface area contributed by atoms with Crippen LogP contribution in [0.5, 0.6) is 0 Å². The largest absolute Gasteiger partial charge is 0.465 e. The van der Waals surface area contributed by atoms with E-state index in [-0.39, 0.29) is 65.3 Å². The molecule has 0 aliphatic heterocycles. The fourth-order valence-electron chi connectivity index (χ4n) is 13.4. The Morgan fingerprint density at radius 3 is 2.06 bits per heavy atom. The van der Waals surface area contributed by atoms with Crippen LogP contribution in [0.1, 0.15) is 151 Å². The Morgan fingerprint density at radius 2 is 1.41 bits per heavy atom. The number of aliphatic hydroxyl groups is 1. The van der Waals surface area contributed by atoms with Gasteiger partial charge in [0.25, 0.3) is 0 Å². The molecule has 0 amide bonds. The van der Waals surface area contributed by atoms with Gasteiger partial charge in [-0.25, -0.2) is 0 Å². The quantitative estimate of drug-likeness (QED) is 0.0895. The lowest BCUT2D eigenvalue weighted by atomic mass is 9.32. The number of carbonyl (C=O) groups is 3. The number of carbonyl (C=O) groups excluding carboxylic acids is 3. The first-order valence-electron chi connectivity index (χ1n) is 19.8. The summed E-state index contributed by atoms with van der Waals surface area (Å²) in [5.41, 5.74) is 0.589. The summed E-state index contributed by atoms with van der Waals surface area (Å²) in [6.07, 6.45) is 15.9. The smallest absolute Gasteiger partial charge is 0.312 e. The van der Waals surface area contributed by atoms with Crippen molar-refractivity contribution >= 4 is 17.9 Å². The third-order valence-corrected chi connectivity index (χ3v) is 15.9. The van der Waals surface area contributed by atoms with Crippen LogP contribution < -0.4 is 0 Å². The van der Waals surface area contributed by atoms with Crippen LogP contribution >= 0.6 is 0 Å². The normalized spacial score (nSPS) is 42.5. The molecule has 0 aromatic heterocycles. The molecule has 5 fully saturated rings. The Balaban J connectivity index is 1.39. The molecule has 4 unspecified atom stereocenters. The summed E-state index contributed by atoms with van der Waals surface area (Å²) in [5.74, 6) is 1.33. The molecule has 5 aliphatic rings. The minimum atomic E-state index is -0.440. The minimum Gasteiger partial charge on any atom is -0.465 e. The molecule has 5 aliphatic carbocycles. The molecule has 7 nitrogen and oxygen atoms in total. The number of ether oxygens (including phenoxy) is 3. The van der Waals surface area contributed by atoms with E-state index < -0.39 is 10.8 Å². The van der Waals surface area contributed by atoms with Crippen molar-refractivity contribution in [1.29, 1.82) is 0 Å². The Hall–Kier alpha value is -1.89. The van der Waals surface area contributed by atoms with Crippen molar-refractivity contribution in [3.05, 3.63) is 12.2 Å². The topological polar surface area (TPSA) is 99.1 Å². The van der Waals surface area contributed by atoms with Crippen molar-refractivity contribution in [2.24, 2.45) is 56.7 Å². The number of allylic oxidation sites excluding steroid dienone is 1. The van der Waals surface area contributed by atoms with Crippen molar-refractivity contribution in [3.63, 3.8) is 0 Å². The predicted molar refractivity (Wildman–Crippen MR) is 191 cm³/mol. The summed E-state index contributed by atoms with van der Waals surface area (Å²) >= 11 is 0. The summed E-state index contributed by atoms with van der Waals surface area (Å²) in [7, 11) is 0. The van der Waals surface area contributed by atoms with Crippen LogP contribution in [0.15, 0.2) is 12.2 Å². The molecule has 1 N–H and O–H groups in total. The molecule has 7 heteroatoms. The van der Waals surface area contributed by atoms with Crippen LogP contribution in [0.3, 0.4) is 0 Å². The van der Waals surface area contributed by atoms with Gasteiger partial charge in [-0.3, -0.25) is 14.4 Å². The van der Waals surface area contributed by atoms with Gasteiger partial charge < -0.3 is 19.3 Å². The molecule has 0 radical (unpaired) electrons. The second kappa shape index (κ2) is 14.6. The van der Waals surface area contributed by atoms with Gasteiger partial charge in [-0.05, 0) is 130 Å². The Bertz CT molecular complexity index is 1250. The molecule has 0 aromatic rings. The van der Waals surface area contributed by atoms with E-state index in [0.717, 1.165) is 103 Å². The highest BCUT2D eigenvalue weighted by atomic mass is 16.6. The van der Waals surface area contributed by atoms with E-state index in [1.807, 2.05) is 0 Å². The van der Waals surface area contributed by atoms with Gasteiger partial charge in [0.1, 0.15) is 12.7 Å². The summed E-state index contributed by atoms with van der Waals surface area (Å²) in [6, 6.07) is 0. The molecule has 11 atom stereocenters. The first-order chi connectivity index (χ1) is 23.1. The summed E-state index contributed by atoms with van der Waals surface area (Å²) in [4.78, 5) is 38.6. The molecule has 278 valence electrons. The summed E-state index contributed by atoms with van der Waals surface area (Å²) in [6.45, 7) is 20.6. The van der Waals surface area contributed by atoms with Crippen LogP contribution in [0.25, 0.3) is 0 Å². The lowest BCUT2D eigenvalue weighted by molar-refractivity contribution is -0.257. The van der Waals surface area contributed by atoms with Crippen LogP contribution in [0, 0.1) is 56.7 Å². The van der Waals surface area contributed by atoms with E-state index >= 15 is 0 Å². The van der Waals surface area contributed by atoms with Gasteiger partial charge in [0, 0.05) is 25.9 Å². The average molecular weight is 685 g/mol. The van der Waals surface area contributed by atoms with E-state index in [0.29, 0.717) is 24.4 Å². The predicted octanol–water partition coefficient (Wildman–Crippen LogP) is 9.00. The molecule has 5 saturated carbocycles. The number of unbranched alkanes of at least 4 members (excludes halogenated alkanes) is 5. The first kappa shape index (κ1) is 38.3. The van der Waals surface area contributed by atoms with Crippen LogP contribution in [-0.4, -0.2) is 48.9 Å². The number of hydrogen-bond donors (Lipinski definition) is 1. The maximum absolute atomic E-state index is 14.3. The van der Waals surface area contributed by atoms with Gasteiger partial charge >= 0.3 is 17.9 Å². The average Bonchev–Trinajstić information content (AvgIpc) is 3.44. The third kappa shape index (κ3) is 6.54. The number of rotatable bonds is 13. The summed E-state index contributed by atoms with van der Waals surface area (Å²) < 4.78 is 17.9. The van der Waals surface area contributed by atoms with Gasteiger partial charge in [-0.2, -0.15) is 0 Å². The number of esters is 3. The highest BCUT2D eigenvalue weighted by Gasteiger charge is 2.72. The molecule has 0 saturated heterocycles.